The van der Waals surface area contributed by atoms with Gasteiger partial charge < -0.3 is 9.77 Å². The normalized spacial score (nSPS) is 10.8. The minimum Gasteiger partial charge on any atom is -0.425 e. The quantitative estimate of drug-likeness (QED) is 0.516. The van der Waals surface area contributed by atoms with Gasteiger partial charge in [-0.1, -0.05) is 0 Å². The molecule has 12 heavy (non-hydrogen) atoms. The number of rotatable bonds is 0. The van der Waals surface area contributed by atoms with E-state index in [0.29, 0.717) is 15.9 Å². The lowest BCUT2D eigenvalue weighted by Crippen LogP contribution is -2.19. The van der Waals surface area contributed by atoms with Crippen LogP contribution in [0.3, 0.4) is 0 Å². The summed E-state index contributed by atoms with van der Waals surface area (Å²) in [6.07, 6.45) is 2.70. The molecule has 0 atom stereocenters. The van der Waals surface area contributed by atoms with Gasteiger partial charge in [0.1, 0.15) is 11.8 Å². The summed E-state index contributed by atoms with van der Waals surface area (Å²) in [7, 11) is 1.75. The van der Waals surface area contributed by atoms with Crippen molar-refractivity contribution in [2.45, 2.75) is 0 Å². The van der Waals surface area contributed by atoms with E-state index in [4.69, 9.17) is 10.6 Å². The average Bonchev–Trinajstić information content (AvgIpc) is 2.41. The van der Waals surface area contributed by atoms with Crippen LogP contribution < -0.4 is 5.49 Å². The van der Waals surface area contributed by atoms with Crippen LogP contribution in [0.5, 0.6) is 0 Å². The van der Waals surface area contributed by atoms with Gasteiger partial charge in [0.25, 0.3) is 0 Å². The number of nitrogens with zero attached hydrogens (tertiary/aromatic N) is 4. The summed E-state index contributed by atoms with van der Waals surface area (Å²) in [5, 5.41) is 16.5. The van der Waals surface area contributed by atoms with Gasteiger partial charge in [-0.2, -0.15) is 4.73 Å². The summed E-state index contributed by atoms with van der Waals surface area (Å²) >= 11 is 0. The Kier molecular flexibility index (Phi) is 1.18. The van der Waals surface area contributed by atoms with Crippen LogP contribution in [0, 0.1) is 5.41 Å². The highest BCUT2D eigenvalue weighted by Gasteiger charge is 2.03. The van der Waals surface area contributed by atoms with E-state index in [9.17, 15) is 0 Å². The minimum atomic E-state index is -0.0139. The largest absolute Gasteiger partial charge is 0.425 e. The van der Waals surface area contributed by atoms with Crippen molar-refractivity contribution in [3.05, 3.63) is 18.1 Å². The van der Waals surface area contributed by atoms with Crippen LogP contribution >= 0.6 is 0 Å². The Morgan fingerprint density at radius 1 is 1.42 bits per heavy atom. The minimum absolute atomic E-state index is 0.0139. The first-order valence-corrected chi connectivity index (χ1v) is 3.32. The van der Waals surface area contributed by atoms with Gasteiger partial charge in [-0.05, 0) is 0 Å². The van der Waals surface area contributed by atoms with Crippen LogP contribution in [0.15, 0.2) is 12.7 Å². The highest BCUT2D eigenvalue weighted by Crippen LogP contribution is 2.00. The van der Waals surface area contributed by atoms with Gasteiger partial charge in [0.15, 0.2) is 11.1 Å². The highest BCUT2D eigenvalue weighted by molar-refractivity contribution is 5.68. The lowest BCUT2D eigenvalue weighted by Gasteiger charge is -1.97. The Hall–Kier alpha value is -1.85. The van der Waals surface area contributed by atoms with Crippen LogP contribution in [0.2, 0.25) is 0 Å². The van der Waals surface area contributed by atoms with Gasteiger partial charge in [-0.25, -0.2) is 9.97 Å². The molecule has 0 bridgehead atoms. The van der Waals surface area contributed by atoms with Crippen molar-refractivity contribution in [3.8, 4) is 0 Å². The van der Waals surface area contributed by atoms with E-state index in [-0.39, 0.29) is 5.49 Å². The molecule has 2 aromatic rings. The maximum atomic E-state index is 9.09. The van der Waals surface area contributed by atoms with Gasteiger partial charge in [-0.15, -0.1) is 0 Å². The summed E-state index contributed by atoms with van der Waals surface area (Å²) in [6.45, 7) is 0. The molecule has 0 aliphatic carbocycles. The predicted molar refractivity (Wildman–Crippen MR) is 39.5 cm³/mol. The fourth-order valence-corrected chi connectivity index (χ4v) is 1.06. The zero-order valence-corrected chi connectivity index (χ0v) is 6.39. The third-order valence-electron chi connectivity index (χ3n) is 1.66. The molecule has 0 fully saturated rings. The number of imidazole rings is 1. The first kappa shape index (κ1) is 6.84. The molecule has 2 heterocycles. The lowest BCUT2D eigenvalue weighted by atomic mass is 10.5. The third kappa shape index (κ3) is 0.714. The molecule has 6 nitrogen and oxygen atoms in total. The van der Waals surface area contributed by atoms with E-state index in [1.165, 1.54) is 0 Å². The van der Waals surface area contributed by atoms with E-state index < -0.39 is 0 Å². The molecule has 0 aromatic carbocycles. The van der Waals surface area contributed by atoms with E-state index in [2.05, 4.69) is 9.97 Å². The van der Waals surface area contributed by atoms with Crippen molar-refractivity contribution in [1.82, 2.24) is 19.3 Å². The first-order valence-electron chi connectivity index (χ1n) is 3.32. The molecule has 2 aromatic heterocycles. The number of hydrogen-bond acceptors (Lipinski definition) is 4. The van der Waals surface area contributed by atoms with E-state index in [0.717, 1.165) is 6.33 Å². The fourth-order valence-electron chi connectivity index (χ4n) is 1.06. The van der Waals surface area contributed by atoms with Crippen molar-refractivity contribution >= 4 is 11.2 Å². The Labute approximate surface area is 67.2 Å². The van der Waals surface area contributed by atoms with Gasteiger partial charge in [0.2, 0.25) is 0 Å². The van der Waals surface area contributed by atoms with Crippen LogP contribution in [-0.2, 0) is 7.05 Å². The topological polar surface area (TPSA) is 79.7 Å². The Morgan fingerprint density at radius 2 is 2.08 bits per heavy atom. The van der Waals surface area contributed by atoms with Crippen molar-refractivity contribution in [2.75, 3.05) is 0 Å². The Bertz CT molecular complexity index is 482. The van der Waals surface area contributed by atoms with Crippen LogP contribution in [0.4, 0.5) is 0 Å². The van der Waals surface area contributed by atoms with E-state index >= 15 is 0 Å². The molecule has 0 saturated carbocycles. The summed E-state index contributed by atoms with van der Waals surface area (Å²) < 4.78 is 2.29. The average molecular weight is 165 g/mol. The van der Waals surface area contributed by atoms with Gasteiger partial charge >= 0.3 is 0 Å². The van der Waals surface area contributed by atoms with Crippen molar-refractivity contribution in [1.29, 1.82) is 5.41 Å². The van der Waals surface area contributed by atoms with E-state index in [1.54, 1.807) is 17.9 Å². The molecule has 0 spiro atoms. The van der Waals surface area contributed by atoms with Crippen molar-refractivity contribution < 1.29 is 5.21 Å². The standard InChI is InChI=1S/C6H7N5O/c1-10-2-8-6-4(10)5(7)11(12)3-9-6/h2-3,7,12H,1H3. The van der Waals surface area contributed by atoms with Gasteiger partial charge in [0, 0.05) is 7.05 Å². The maximum absolute atomic E-state index is 9.09. The smallest absolute Gasteiger partial charge is 0.190 e. The Balaban J connectivity index is 3.06. The second-order valence-electron chi connectivity index (χ2n) is 2.47. The molecular weight excluding hydrogens is 158 g/mol. The zero-order valence-electron chi connectivity index (χ0n) is 6.39. The molecule has 0 aliphatic rings. The second kappa shape index (κ2) is 2.07. The molecule has 0 unspecified atom stereocenters. The molecule has 2 N–H and O–H groups in total. The first-order chi connectivity index (χ1) is 5.70. The predicted octanol–water partition coefficient (Wildman–Crippen LogP) is -0.513. The van der Waals surface area contributed by atoms with Gasteiger partial charge in [-0.3, -0.25) is 5.41 Å². The number of fused-ring (bicyclic) bond motifs is 1. The SMILES string of the molecule is Cn1cnc2ncn(O)c(=N)c21. The number of aromatic nitrogens is 4. The third-order valence-corrected chi connectivity index (χ3v) is 1.66. The molecule has 0 amide bonds. The molecule has 62 valence electrons. The van der Waals surface area contributed by atoms with Crippen molar-refractivity contribution in [2.24, 2.45) is 7.05 Å². The highest BCUT2D eigenvalue weighted by atomic mass is 16.5. The van der Waals surface area contributed by atoms with Crippen LogP contribution in [0.1, 0.15) is 0 Å². The second-order valence-corrected chi connectivity index (χ2v) is 2.47. The fraction of sp³-hybridized carbons (Fsp3) is 0.167. The summed E-state index contributed by atoms with van der Waals surface area (Å²) in [4.78, 5) is 7.75. The Morgan fingerprint density at radius 3 is 2.83 bits per heavy atom. The zero-order chi connectivity index (χ0) is 8.72. The molecule has 0 saturated heterocycles. The van der Waals surface area contributed by atoms with Crippen molar-refractivity contribution in [3.63, 3.8) is 0 Å². The summed E-state index contributed by atoms with van der Waals surface area (Å²) in [5.74, 6) is 0. The van der Waals surface area contributed by atoms with Gasteiger partial charge in [0.05, 0.1) is 6.33 Å². The molecule has 2 rings (SSSR count). The van der Waals surface area contributed by atoms with E-state index in [1.807, 2.05) is 0 Å². The number of hydrogen-bond donors (Lipinski definition) is 2. The maximum Gasteiger partial charge on any atom is 0.190 e. The molecule has 0 radical (unpaired) electrons. The lowest BCUT2D eigenvalue weighted by molar-refractivity contribution is 0.168. The monoisotopic (exact) mass is 165 g/mol. The number of nitrogens with one attached hydrogen (secondary N) is 1. The molecule has 0 aliphatic heterocycles. The van der Waals surface area contributed by atoms with Crippen LogP contribution in [-0.4, -0.2) is 24.5 Å². The number of aryl methyl sites for hydroxylation is 1. The molecular formula is C6H7N5O. The summed E-state index contributed by atoms with van der Waals surface area (Å²) in [5.41, 5.74) is 0.966. The molecule has 6 heteroatoms. The summed E-state index contributed by atoms with van der Waals surface area (Å²) in [6, 6.07) is 0. The van der Waals surface area contributed by atoms with Crippen LogP contribution in [0.25, 0.3) is 11.2 Å².